The Morgan fingerprint density at radius 1 is 0.947 bits per heavy atom. The molecule has 0 bridgehead atoms. The van der Waals surface area contributed by atoms with Crippen molar-refractivity contribution in [3.05, 3.63) is 70.8 Å². The summed E-state index contributed by atoms with van der Waals surface area (Å²) in [5, 5.41) is 0. The molecule has 2 aromatic rings. The molecule has 0 saturated carbocycles. The lowest BCUT2D eigenvalue weighted by molar-refractivity contribution is 0.415. The predicted molar refractivity (Wildman–Crippen MR) is 81.8 cm³/mol. The molecule has 19 heavy (non-hydrogen) atoms. The van der Waals surface area contributed by atoms with Gasteiger partial charge >= 0.3 is 0 Å². The molecule has 0 aliphatic rings. The van der Waals surface area contributed by atoms with Crippen LogP contribution < -0.4 is 4.74 Å². The molecule has 1 heteroatoms. The van der Waals surface area contributed by atoms with E-state index >= 15 is 0 Å². The third-order valence-corrected chi connectivity index (χ3v) is 3.42. The van der Waals surface area contributed by atoms with Gasteiger partial charge in [0.2, 0.25) is 0 Å². The summed E-state index contributed by atoms with van der Waals surface area (Å²) in [7, 11) is 1.68. The van der Waals surface area contributed by atoms with Crippen LogP contribution in [0.1, 0.15) is 27.8 Å². The van der Waals surface area contributed by atoms with E-state index < -0.39 is 0 Å². The van der Waals surface area contributed by atoms with Crippen molar-refractivity contribution in [3.63, 3.8) is 0 Å². The Labute approximate surface area is 115 Å². The molecule has 0 spiro atoms. The molecular formula is C18H20O. The fourth-order valence-corrected chi connectivity index (χ4v) is 2.59. The molecule has 0 radical (unpaired) electrons. The Bertz CT molecular complexity index is 583. The third-order valence-electron chi connectivity index (χ3n) is 3.42. The van der Waals surface area contributed by atoms with Gasteiger partial charge in [-0.15, -0.1) is 0 Å². The minimum Gasteiger partial charge on any atom is -0.497 e. The van der Waals surface area contributed by atoms with Crippen molar-refractivity contribution in [2.24, 2.45) is 0 Å². The SMILES string of the molecule is C=C(c1ccc(OC)cc1)c1c(C)cc(C)cc1C. The van der Waals surface area contributed by atoms with Crippen LogP contribution >= 0.6 is 0 Å². The summed E-state index contributed by atoms with van der Waals surface area (Å²) >= 11 is 0. The molecule has 2 aromatic carbocycles. The standard InChI is InChI=1S/C18H20O/c1-12-10-13(2)18(14(3)11-12)15(4)16-6-8-17(19-5)9-7-16/h6-11H,4H2,1-3,5H3. The van der Waals surface area contributed by atoms with Gasteiger partial charge in [-0.3, -0.25) is 0 Å². The van der Waals surface area contributed by atoms with Gasteiger partial charge in [0.1, 0.15) is 5.75 Å². The highest BCUT2D eigenvalue weighted by Crippen LogP contribution is 2.29. The van der Waals surface area contributed by atoms with E-state index in [1.807, 2.05) is 12.1 Å². The van der Waals surface area contributed by atoms with Crippen molar-refractivity contribution in [1.29, 1.82) is 0 Å². The monoisotopic (exact) mass is 252 g/mol. The summed E-state index contributed by atoms with van der Waals surface area (Å²) in [4.78, 5) is 0. The zero-order valence-electron chi connectivity index (χ0n) is 12.1. The first-order valence-corrected chi connectivity index (χ1v) is 6.44. The first-order valence-electron chi connectivity index (χ1n) is 6.44. The van der Waals surface area contributed by atoms with E-state index in [2.05, 4.69) is 51.6 Å². The summed E-state index contributed by atoms with van der Waals surface area (Å²) < 4.78 is 5.19. The number of rotatable bonds is 3. The second-order valence-corrected chi connectivity index (χ2v) is 4.98. The molecule has 0 aliphatic heterocycles. The van der Waals surface area contributed by atoms with Gasteiger partial charge in [-0.1, -0.05) is 36.4 Å². The fraction of sp³-hybridized carbons (Fsp3) is 0.222. The van der Waals surface area contributed by atoms with Crippen molar-refractivity contribution in [1.82, 2.24) is 0 Å². The lowest BCUT2D eigenvalue weighted by Crippen LogP contribution is -1.95. The molecule has 0 fully saturated rings. The van der Waals surface area contributed by atoms with Crippen molar-refractivity contribution in [3.8, 4) is 5.75 Å². The molecule has 1 nitrogen and oxygen atoms in total. The molecule has 0 aromatic heterocycles. The number of hydrogen-bond acceptors (Lipinski definition) is 1. The first kappa shape index (κ1) is 13.4. The first-order chi connectivity index (χ1) is 9.02. The summed E-state index contributed by atoms with van der Waals surface area (Å²) in [6.45, 7) is 10.7. The molecule has 0 atom stereocenters. The lowest BCUT2D eigenvalue weighted by Gasteiger charge is -2.14. The molecule has 2 rings (SSSR count). The van der Waals surface area contributed by atoms with E-state index in [9.17, 15) is 0 Å². The predicted octanol–water partition coefficient (Wildman–Crippen LogP) is 4.68. The Kier molecular flexibility index (Phi) is 3.75. The Morgan fingerprint density at radius 3 is 1.95 bits per heavy atom. The van der Waals surface area contributed by atoms with Gasteiger partial charge in [-0.2, -0.15) is 0 Å². The molecule has 0 heterocycles. The van der Waals surface area contributed by atoms with Crippen LogP contribution in [-0.2, 0) is 0 Å². The van der Waals surface area contributed by atoms with Crippen LogP contribution in [0.4, 0.5) is 0 Å². The van der Waals surface area contributed by atoms with Crippen LogP contribution in [0, 0.1) is 20.8 Å². The van der Waals surface area contributed by atoms with Gasteiger partial charge in [0.25, 0.3) is 0 Å². The number of aryl methyl sites for hydroxylation is 3. The summed E-state index contributed by atoms with van der Waals surface area (Å²) in [5.74, 6) is 0.869. The second kappa shape index (κ2) is 5.31. The average Bonchev–Trinajstić information content (AvgIpc) is 2.37. The highest BCUT2D eigenvalue weighted by molar-refractivity contribution is 5.81. The van der Waals surface area contributed by atoms with E-state index in [4.69, 9.17) is 4.74 Å². The number of hydrogen-bond donors (Lipinski definition) is 0. The van der Waals surface area contributed by atoms with Gasteiger partial charge in [-0.05, 0) is 60.7 Å². The summed E-state index contributed by atoms with van der Waals surface area (Å²) in [6, 6.07) is 12.5. The second-order valence-electron chi connectivity index (χ2n) is 4.98. The van der Waals surface area contributed by atoms with Gasteiger partial charge in [0, 0.05) is 0 Å². The molecule has 0 aliphatic carbocycles. The lowest BCUT2D eigenvalue weighted by atomic mass is 9.91. The van der Waals surface area contributed by atoms with Gasteiger partial charge in [0.15, 0.2) is 0 Å². The van der Waals surface area contributed by atoms with Gasteiger partial charge < -0.3 is 4.74 Å². The van der Waals surface area contributed by atoms with E-state index in [1.165, 1.54) is 22.3 Å². The van der Waals surface area contributed by atoms with Crippen LogP contribution in [-0.4, -0.2) is 7.11 Å². The van der Waals surface area contributed by atoms with Crippen LogP contribution in [0.15, 0.2) is 43.0 Å². The summed E-state index contributed by atoms with van der Waals surface area (Å²) in [6.07, 6.45) is 0. The van der Waals surface area contributed by atoms with Crippen LogP contribution in [0.3, 0.4) is 0 Å². The quantitative estimate of drug-likeness (QED) is 0.770. The molecule has 0 unspecified atom stereocenters. The van der Waals surface area contributed by atoms with E-state index in [0.717, 1.165) is 16.9 Å². The molecule has 98 valence electrons. The zero-order valence-corrected chi connectivity index (χ0v) is 12.1. The van der Waals surface area contributed by atoms with Crippen molar-refractivity contribution in [2.45, 2.75) is 20.8 Å². The Balaban J connectivity index is 2.44. The largest absolute Gasteiger partial charge is 0.497 e. The molecular weight excluding hydrogens is 232 g/mol. The number of ether oxygens (including phenoxy) is 1. The fourth-order valence-electron chi connectivity index (χ4n) is 2.59. The van der Waals surface area contributed by atoms with Gasteiger partial charge in [0.05, 0.1) is 7.11 Å². The van der Waals surface area contributed by atoms with Crippen molar-refractivity contribution < 1.29 is 4.74 Å². The number of benzene rings is 2. The normalized spacial score (nSPS) is 10.3. The topological polar surface area (TPSA) is 9.23 Å². The number of methoxy groups -OCH3 is 1. The minimum atomic E-state index is 0.869. The molecule has 0 saturated heterocycles. The minimum absolute atomic E-state index is 0.869. The highest BCUT2D eigenvalue weighted by atomic mass is 16.5. The Morgan fingerprint density at radius 2 is 1.47 bits per heavy atom. The van der Waals surface area contributed by atoms with Crippen LogP contribution in [0.5, 0.6) is 5.75 Å². The smallest absolute Gasteiger partial charge is 0.118 e. The van der Waals surface area contributed by atoms with Crippen molar-refractivity contribution >= 4 is 5.57 Å². The van der Waals surface area contributed by atoms with E-state index in [1.54, 1.807) is 7.11 Å². The van der Waals surface area contributed by atoms with Crippen LogP contribution in [0.25, 0.3) is 5.57 Å². The van der Waals surface area contributed by atoms with E-state index in [0.29, 0.717) is 0 Å². The molecule has 0 amide bonds. The maximum atomic E-state index is 5.19. The summed E-state index contributed by atoms with van der Waals surface area (Å²) in [5.41, 5.74) is 7.29. The zero-order chi connectivity index (χ0) is 14.0. The van der Waals surface area contributed by atoms with Crippen LogP contribution in [0.2, 0.25) is 0 Å². The highest BCUT2D eigenvalue weighted by Gasteiger charge is 2.09. The van der Waals surface area contributed by atoms with Crippen molar-refractivity contribution in [2.75, 3.05) is 7.11 Å². The van der Waals surface area contributed by atoms with E-state index in [-0.39, 0.29) is 0 Å². The third kappa shape index (κ3) is 2.70. The Hall–Kier alpha value is -2.02. The maximum Gasteiger partial charge on any atom is 0.118 e. The molecule has 0 N–H and O–H groups in total. The average molecular weight is 252 g/mol. The van der Waals surface area contributed by atoms with Gasteiger partial charge in [-0.25, -0.2) is 0 Å². The maximum absolute atomic E-state index is 5.19.